The Bertz CT molecular complexity index is 2400. The van der Waals surface area contributed by atoms with Gasteiger partial charge >= 0.3 is 0 Å². The van der Waals surface area contributed by atoms with Gasteiger partial charge in [-0.2, -0.15) is 0 Å². The van der Waals surface area contributed by atoms with Crippen LogP contribution in [0.15, 0.2) is 115 Å². The molecule has 0 spiro atoms. The molecule has 0 fully saturated rings. The third kappa shape index (κ3) is 4.14. The summed E-state index contributed by atoms with van der Waals surface area (Å²) in [6, 6.07) is 44.6. The fraction of sp³-hybridized carbons (Fsp3) is 0.250. The molecule has 0 N–H and O–H groups in total. The lowest BCUT2D eigenvalue weighted by molar-refractivity contribution is 0.332. The summed E-state index contributed by atoms with van der Waals surface area (Å²) in [6.07, 6.45) is 3.37. The molecule has 1 atom stereocenters. The zero-order chi connectivity index (χ0) is 34.1. The van der Waals surface area contributed by atoms with Gasteiger partial charge in [-0.05, 0) is 121 Å². The summed E-state index contributed by atoms with van der Waals surface area (Å²) in [5.41, 5.74) is 24.3. The van der Waals surface area contributed by atoms with Gasteiger partial charge in [0.25, 0.3) is 0 Å². The highest BCUT2D eigenvalue weighted by molar-refractivity contribution is 6.99. The monoisotopic (exact) mass is 645 g/mol. The van der Waals surface area contributed by atoms with Gasteiger partial charge in [-0.1, -0.05) is 137 Å². The van der Waals surface area contributed by atoms with Crippen LogP contribution in [0.2, 0.25) is 0 Å². The van der Waals surface area contributed by atoms with Gasteiger partial charge in [-0.3, -0.25) is 0 Å². The highest BCUT2D eigenvalue weighted by Crippen LogP contribution is 2.51. The lowest BCUT2D eigenvalue weighted by Crippen LogP contribution is -2.62. The molecule has 0 saturated carbocycles. The predicted molar refractivity (Wildman–Crippen MR) is 213 cm³/mol. The van der Waals surface area contributed by atoms with Crippen LogP contribution in [0.1, 0.15) is 92.3 Å². The minimum absolute atomic E-state index is 0.109. The van der Waals surface area contributed by atoms with Gasteiger partial charge in [0.15, 0.2) is 0 Å². The molecule has 6 aromatic carbocycles. The molecule has 2 heterocycles. The normalized spacial score (nSPS) is 18.4. The van der Waals surface area contributed by atoms with Crippen LogP contribution in [0.3, 0.4) is 0 Å². The van der Waals surface area contributed by atoms with Gasteiger partial charge in [-0.25, -0.2) is 0 Å². The lowest BCUT2D eigenvalue weighted by atomic mass is 9.31. The molecule has 2 aliphatic heterocycles. The van der Waals surface area contributed by atoms with Crippen molar-refractivity contribution in [2.45, 2.75) is 77.6 Å². The quantitative estimate of drug-likeness (QED) is 0.169. The Kier molecular flexibility index (Phi) is 6.23. The molecule has 6 aromatic rings. The summed E-state index contributed by atoms with van der Waals surface area (Å²) >= 11 is 0. The molecule has 0 aromatic heterocycles. The zero-order valence-corrected chi connectivity index (χ0v) is 30.2. The number of nitrogens with zero attached hydrogens (tertiary/aromatic N) is 1. The Hall–Kier alpha value is -4.82. The molecule has 0 radical (unpaired) electrons. The van der Waals surface area contributed by atoms with Gasteiger partial charge in [0.05, 0.1) is 5.69 Å². The van der Waals surface area contributed by atoms with Gasteiger partial charge in [0.2, 0.25) is 6.71 Å². The van der Waals surface area contributed by atoms with Crippen LogP contribution < -0.4 is 21.3 Å². The van der Waals surface area contributed by atoms with E-state index in [0.717, 1.165) is 6.42 Å². The molecule has 4 aliphatic rings. The van der Waals surface area contributed by atoms with Gasteiger partial charge in [-0.15, -0.1) is 0 Å². The van der Waals surface area contributed by atoms with Crippen molar-refractivity contribution in [3.8, 4) is 22.3 Å². The van der Waals surface area contributed by atoms with Crippen LogP contribution >= 0.6 is 0 Å². The van der Waals surface area contributed by atoms with Crippen molar-refractivity contribution in [1.82, 2.24) is 0 Å². The number of hydrogen-bond donors (Lipinski definition) is 0. The maximum Gasteiger partial charge on any atom is 0.247 e. The van der Waals surface area contributed by atoms with E-state index < -0.39 is 0 Å². The van der Waals surface area contributed by atoms with E-state index in [4.69, 9.17) is 0 Å². The second-order valence-corrected chi connectivity index (χ2v) is 16.8. The van der Waals surface area contributed by atoms with Crippen LogP contribution in [0.25, 0.3) is 22.3 Å². The smallest absolute Gasteiger partial charge is 0.247 e. The summed E-state index contributed by atoms with van der Waals surface area (Å²) in [4.78, 5) is 2.69. The van der Waals surface area contributed by atoms with E-state index in [1.54, 1.807) is 0 Å². The molecular formula is C48H44BN. The molecular weight excluding hydrogens is 601 g/mol. The maximum atomic E-state index is 2.69. The van der Waals surface area contributed by atoms with E-state index in [-0.39, 0.29) is 17.5 Å². The van der Waals surface area contributed by atoms with E-state index in [2.05, 4.69) is 162 Å². The van der Waals surface area contributed by atoms with E-state index >= 15 is 0 Å². The van der Waals surface area contributed by atoms with Crippen molar-refractivity contribution >= 4 is 40.2 Å². The zero-order valence-electron chi connectivity index (χ0n) is 30.2. The molecule has 1 nitrogen and oxygen atoms in total. The van der Waals surface area contributed by atoms with Crippen LogP contribution in [-0.2, 0) is 17.3 Å². The minimum atomic E-state index is 0.109. The second-order valence-electron chi connectivity index (χ2n) is 16.8. The van der Waals surface area contributed by atoms with Crippen LogP contribution in [0.4, 0.5) is 17.1 Å². The average molecular weight is 646 g/mol. The van der Waals surface area contributed by atoms with Crippen molar-refractivity contribution in [3.63, 3.8) is 0 Å². The summed E-state index contributed by atoms with van der Waals surface area (Å²) in [7, 11) is 0. The first-order valence-electron chi connectivity index (χ1n) is 18.6. The molecule has 50 heavy (non-hydrogen) atoms. The third-order valence-corrected chi connectivity index (χ3v) is 12.9. The highest BCUT2D eigenvalue weighted by atomic mass is 15.2. The molecule has 2 aliphatic carbocycles. The second kappa shape index (κ2) is 10.4. The Balaban J connectivity index is 1.30. The van der Waals surface area contributed by atoms with Crippen LogP contribution in [0, 0.1) is 6.92 Å². The highest BCUT2D eigenvalue weighted by Gasteiger charge is 2.46. The van der Waals surface area contributed by atoms with E-state index in [1.165, 1.54) is 107 Å². The molecule has 244 valence electrons. The average Bonchev–Trinajstić information content (AvgIpc) is 3.51. The lowest BCUT2D eigenvalue weighted by Gasteiger charge is -2.47. The molecule has 0 saturated heterocycles. The number of anilines is 3. The van der Waals surface area contributed by atoms with Crippen molar-refractivity contribution < 1.29 is 0 Å². The topological polar surface area (TPSA) is 3.24 Å². The number of benzene rings is 6. The number of aryl methyl sites for hydroxylation is 1. The Labute approximate surface area is 298 Å². The van der Waals surface area contributed by atoms with Crippen molar-refractivity contribution in [3.05, 3.63) is 154 Å². The summed E-state index contributed by atoms with van der Waals surface area (Å²) < 4.78 is 0. The number of rotatable bonds is 2. The maximum absolute atomic E-state index is 2.69. The van der Waals surface area contributed by atoms with Crippen molar-refractivity contribution in [1.29, 1.82) is 0 Å². The summed E-state index contributed by atoms with van der Waals surface area (Å²) in [5.74, 6) is 0.307. The van der Waals surface area contributed by atoms with Gasteiger partial charge in [0.1, 0.15) is 0 Å². The Morgan fingerprint density at radius 1 is 0.600 bits per heavy atom. The predicted octanol–water partition coefficient (Wildman–Crippen LogP) is 10.3. The first-order chi connectivity index (χ1) is 24.1. The number of hydrogen-bond acceptors (Lipinski definition) is 1. The Morgan fingerprint density at radius 3 is 2.12 bits per heavy atom. The third-order valence-electron chi connectivity index (χ3n) is 12.9. The van der Waals surface area contributed by atoms with Crippen LogP contribution in [-0.4, -0.2) is 6.71 Å². The van der Waals surface area contributed by atoms with Crippen molar-refractivity contribution in [2.24, 2.45) is 0 Å². The number of fused-ring (bicyclic) bond motifs is 8. The van der Waals surface area contributed by atoms with E-state index in [9.17, 15) is 0 Å². The molecule has 0 amide bonds. The fourth-order valence-electron chi connectivity index (χ4n) is 10.1. The molecule has 0 bridgehead atoms. The SMILES string of the molecule is Cc1cc2c3c(c1)N(c1cccc4c1Cc1ccccc1-4)c1cc4c(cc1B3c1cc(-c3ccccc3)ccc1C2C)C(C)(C)CCC4(C)C. The molecule has 1 unspecified atom stereocenters. The molecule has 2 heteroatoms. The largest absolute Gasteiger partial charge is 0.311 e. The van der Waals surface area contributed by atoms with Crippen LogP contribution in [0.5, 0.6) is 0 Å². The van der Waals surface area contributed by atoms with Crippen molar-refractivity contribution in [2.75, 3.05) is 4.90 Å². The van der Waals surface area contributed by atoms with Gasteiger partial charge in [0, 0.05) is 23.7 Å². The molecule has 10 rings (SSSR count). The fourth-order valence-corrected chi connectivity index (χ4v) is 10.1. The summed E-state index contributed by atoms with van der Waals surface area (Å²) in [5, 5.41) is 0. The van der Waals surface area contributed by atoms with Gasteiger partial charge < -0.3 is 4.90 Å². The van der Waals surface area contributed by atoms with E-state index in [0.29, 0.717) is 5.92 Å². The standard InChI is InChI=1S/C48H44BN/c1-29-23-37-30(2)34-20-19-32(31-13-8-7-9-14-31)26-41(34)49-42-27-39-40(48(5,6)22-21-47(39,3)4)28-44(42)50(45(24-29)46(37)49)43-18-12-17-36-35-16-11-10-15-33(35)25-38(36)43/h7-20,23-24,26-28,30H,21-22,25H2,1-6H3. The van der Waals surface area contributed by atoms with E-state index in [1.807, 2.05) is 0 Å². The summed E-state index contributed by atoms with van der Waals surface area (Å²) in [6.45, 7) is 14.8. The Morgan fingerprint density at radius 2 is 1.32 bits per heavy atom. The first kappa shape index (κ1) is 30.0. The minimum Gasteiger partial charge on any atom is -0.311 e. The first-order valence-corrected chi connectivity index (χ1v) is 18.6.